The van der Waals surface area contributed by atoms with Gasteiger partial charge in [0.1, 0.15) is 0 Å². The number of likely N-dealkylation sites (tertiary alicyclic amines) is 1. The predicted octanol–water partition coefficient (Wildman–Crippen LogP) is 2.96. The molecule has 0 saturated carbocycles. The van der Waals surface area contributed by atoms with Gasteiger partial charge in [-0.3, -0.25) is 0 Å². The summed E-state index contributed by atoms with van der Waals surface area (Å²) in [5.41, 5.74) is 1.18. The van der Waals surface area contributed by atoms with Gasteiger partial charge in [0.15, 0.2) is 0 Å². The highest BCUT2D eigenvalue weighted by atomic mass is 19.4. The van der Waals surface area contributed by atoms with Crippen LogP contribution in [0, 0.1) is 11.3 Å². The first-order valence-electron chi connectivity index (χ1n) is 9.03. The number of hydrogen-bond acceptors (Lipinski definition) is 5. The first-order valence-corrected chi connectivity index (χ1v) is 9.03. The molecule has 3 rings (SSSR count). The van der Waals surface area contributed by atoms with Crippen molar-refractivity contribution in [2.45, 2.75) is 43.1 Å². The molecule has 2 aliphatic rings. The maximum absolute atomic E-state index is 12.7. The van der Waals surface area contributed by atoms with E-state index in [9.17, 15) is 18.0 Å². The molecule has 152 valence electrons. The SMILES string of the molecule is N#Cc1cccc([C@@H]2COC3(CCN(C(=O)O[C@H](CO)C(F)(F)F)CC3)C2)c1. The fourth-order valence-corrected chi connectivity index (χ4v) is 3.77. The molecule has 6 nitrogen and oxygen atoms in total. The van der Waals surface area contributed by atoms with E-state index in [0.29, 0.717) is 25.0 Å². The second-order valence-corrected chi connectivity index (χ2v) is 7.22. The molecular formula is C19H21F3N2O4. The first kappa shape index (κ1) is 20.4. The van der Waals surface area contributed by atoms with Crippen LogP contribution in [-0.2, 0) is 9.47 Å². The number of nitriles is 1. The van der Waals surface area contributed by atoms with Gasteiger partial charge in [0.25, 0.3) is 0 Å². The van der Waals surface area contributed by atoms with Crippen LogP contribution in [0.4, 0.5) is 18.0 Å². The third-order valence-electron chi connectivity index (χ3n) is 5.40. The maximum atomic E-state index is 12.7. The van der Waals surface area contributed by atoms with Crippen LogP contribution in [0.25, 0.3) is 0 Å². The molecule has 2 aliphatic heterocycles. The van der Waals surface area contributed by atoms with E-state index >= 15 is 0 Å². The van der Waals surface area contributed by atoms with Crippen molar-refractivity contribution in [1.29, 1.82) is 5.26 Å². The smallest absolute Gasteiger partial charge is 0.427 e. The molecule has 28 heavy (non-hydrogen) atoms. The normalized spacial score (nSPS) is 22.7. The number of amides is 1. The van der Waals surface area contributed by atoms with Gasteiger partial charge < -0.3 is 19.5 Å². The van der Waals surface area contributed by atoms with E-state index < -0.39 is 30.6 Å². The highest BCUT2D eigenvalue weighted by Gasteiger charge is 2.46. The number of hydrogen-bond donors (Lipinski definition) is 1. The van der Waals surface area contributed by atoms with Gasteiger partial charge in [0.05, 0.1) is 30.4 Å². The molecule has 2 atom stereocenters. The summed E-state index contributed by atoms with van der Waals surface area (Å²) in [6.45, 7) is -0.362. The van der Waals surface area contributed by atoms with Gasteiger partial charge >= 0.3 is 12.3 Å². The average molecular weight is 398 g/mol. The zero-order chi connectivity index (χ0) is 20.4. The molecule has 9 heteroatoms. The van der Waals surface area contributed by atoms with Crippen molar-refractivity contribution in [1.82, 2.24) is 4.90 Å². The number of carbonyl (C=O) groups excluding carboxylic acids is 1. The minimum absolute atomic E-state index is 0.135. The molecule has 1 aromatic carbocycles. The summed E-state index contributed by atoms with van der Waals surface area (Å²) in [6.07, 6.45) is -6.69. The van der Waals surface area contributed by atoms with Gasteiger partial charge in [0.2, 0.25) is 6.10 Å². The molecule has 2 heterocycles. The number of halogens is 3. The molecule has 2 fully saturated rings. The van der Waals surface area contributed by atoms with E-state index in [4.69, 9.17) is 15.1 Å². The van der Waals surface area contributed by atoms with Crippen LogP contribution in [0.2, 0.25) is 0 Å². The van der Waals surface area contributed by atoms with Crippen molar-refractivity contribution >= 4 is 6.09 Å². The Kier molecular flexibility index (Phi) is 5.82. The Morgan fingerprint density at radius 1 is 1.43 bits per heavy atom. The molecule has 0 unspecified atom stereocenters. The number of carbonyl (C=O) groups is 1. The molecule has 1 N–H and O–H groups in total. The number of benzene rings is 1. The summed E-state index contributed by atoms with van der Waals surface area (Å²) in [5, 5.41) is 17.8. The molecular weight excluding hydrogens is 377 g/mol. The largest absolute Gasteiger partial charge is 0.434 e. The fourth-order valence-electron chi connectivity index (χ4n) is 3.77. The molecule has 0 aromatic heterocycles. The quantitative estimate of drug-likeness (QED) is 0.847. The zero-order valence-electron chi connectivity index (χ0n) is 15.1. The van der Waals surface area contributed by atoms with Crippen molar-refractivity contribution in [3.63, 3.8) is 0 Å². The van der Waals surface area contributed by atoms with Crippen molar-refractivity contribution in [3.8, 4) is 6.07 Å². The number of piperidine rings is 1. The van der Waals surface area contributed by atoms with E-state index in [1.54, 1.807) is 6.07 Å². The lowest BCUT2D eigenvalue weighted by Gasteiger charge is -2.38. The second-order valence-electron chi connectivity index (χ2n) is 7.22. The lowest BCUT2D eigenvalue weighted by molar-refractivity contribution is -0.215. The van der Waals surface area contributed by atoms with Gasteiger partial charge in [-0.1, -0.05) is 12.1 Å². The van der Waals surface area contributed by atoms with Gasteiger partial charge in [-0.15, -0.1) is 0 Å². The first-order chi connectivity index (χ1) is 13.3. The minimum atomic E-state index is -4.80. The highest BCUT2D eigenvalue weighted by Crippen LogP contribution is 2.43. The number of alkyl halides is 3. The van der Waals surface area contributed by atoms with Crippen molar-refractivity contribution < 1.29 is 32.5 Å². The van der Waals surface area contributed by atoms with E-state index in [2.05, 4.69) is 10.8 Å². The molecule has 0 aliphatic carbocycles. The lowest BCUT2D eigenvalue weighted by Crippen LogP contribution is -2.48. The monoisotopic (exact) mass is 398 g/mol. The fraction of sp³-hybridized carbons (Fsp3) is 0.579. The van der Waals surface area contributed by atoms with E-state index in [1.807, 2.05) is 18.2 Å². The third kappa shape index (κ3) is 4.39. The number of aliphatic hydroxyl groups is 1. The van der Waals surface area contributed by atoms with Crippen LogP contribution in [0.15, 0.2) is 24.3 Å². The van der Waals surface area contributed by atoms with E-state index in [1.165, 1.54) is 4.90 Å². The number of ether oxygens (including phenoxy) is 2. The predicted molar refractivity (Wildman–Crippen MR) is 91.4 cm³/mol. The molecule has 0 radical (unpaired) electrons. The van der Waals surface area contributed by atoms with Crippen LogP contribution in [0.3, 0.4) is 0 Å². The van der Waals surface area contributed by atoms with Gasteiger partial charge in [-0.2, -0.15) is 18.4 Å². The average Bonchev–Trinajstić information content (AvgIpc) is 3.09. The Labute approximate surface area is 160 Å². The van der Waals surface area contributed by atoms with Crippen LogP contribution < -0.4 is 0 Å². The maximum Gasteiger partial charge on any atom is 0.427 e. The lowest BCUT2D eigenvalue weighted by atomic mass is 9.83. The highest BCUT2D eigenvalue weighted by molar-refractivity contribution is 5.68. The molecule has 1 amide bonds. The van der Waals surface area contributed by atoms with Gasteiger partial charge in [-0.05, 0) is 37.0 Å². The summed E-state index contributed by atoms with van der Waals surface area (Å²) in [7, 11) is 0. The Morgan fingerprint density at radius 3 is 2.75 bits per heavy atom. The van der Waals surface area contributed by atoms with Crippen LogP contribution >= 0.6 is 0 Å². The molecule has 0 bridgehead atoms. The third-order valence-corrected chi connectivity index (χ3v) is 5.40. The van der Waals surface area contributed by atoms with E-state index in [-0.39, 0.29) is 19.0 Å². The Hall–Kier alpha value is -2.31. The number of rotatable bonds is 3. The molecule has 1 spiro atoms. The zero-order valence-corrected chi connectivity index (χ0v) is 15.1. The van der Waals surface area contributed by atoms with Crippen LogP contribution in [-0.4, -0.2) is 60.3 Å². The topological polar surface area (TPSA) is 82.8 Å². The minimum Gasteiger partial charge on any atom is -0.434 e. The number of aliphatic hydroxyl groups excluding tert-OH is 1. The van der Waals surface area contributed by atoms with Crippen LogP contribution in [0.1, 0.15) is 36.3 Å². The van der Waals surface area contributed by atoms with Crippen LogP contribution in [0.5, 0.6) is 0 Å². The summed E-state index contributed by atoms with van der Waals surface area (Å²) in [6, 6.07) is 9.47. The summed E-state index contributed by atoms with van der Waals surface area (Å²) < 4.78 is 48.4. The molecule has 1 aromatic rings. The molecule has 2 saturated heterocycles. The summed E-state index contributed by atoms with van der Waals surface area (Å²) in [5.74, 6) is 0.135. The summed E-state index contributed by atoms with van der Waals surface area (Å²) in [4.78, 5) is 13.2. The van der Waals surface area contributed by atoms with Crippen molar-refractivity contribution in [2.24, 2.45) is 0 Å². The van der Waals surface area contributed by atoms with Crippen molar-refractivity contribution in [2.75, 3.05) is 26.3 Å². The van der Waals surface area contributed by atoms with Crippen molar-refractivity contribution in [3.05, 3.63) is 35.4 Å². The van der Waals surface area contributed by atoms with Gasteiger partial charge in [0, 0.05) is 19.0 Å². The Bertz CT molecular complexity index is 754. The van der Waals surface area contributed by atoms with Gasteiger partial charge in [-0.25, -0.2) is 4.79 Å². The number of nitrogens with zero attached hydrogens (tertiary/aromatic N) is 2. The van der Waals surface area contributed by atoms with E-state index in [0.717, 1.165) is 12.0 Å². The standard InChI is InChI=1S/C19H21F3N2O4/c20-19(21,22)16(11-25)28-17(26)24-6-4-18(5-7-24)9-15(12-27-18)14-3-1-2-13(8-14)10-23/h1-3,8,15-16,25H,4-7,9,11-12H2/t15-,16+/m0/s1. The Balaban J connectivity index is 1.56. The summed E-state index contributed by atoms with van der Waals surface area (Å²) >= 11 is 0. The second kappa shape index (κ2) is 7.97. The Morgan fingerprint density at radius 2 is 2.14 bits per heavy atom.